The van der Waals surface area contributed by atoms with E-state index in [1.165, 1.54) is 4.31 Å². The molecule has 110 valence electrons. The molecule has 6 nitrogen and oxygen atoms in total. The van der Waals surface area contributed by atoms with Gasteiger partial charge in [0.1, 0.15) is 16.4 Å². The molecule has 19 heavy (non-hydrogen) atoms. The molecule has 0 spiro atoms. The third-order valence-corrected chi connectivity index (χ3v) is 4.68. The van der Waals surface area contributed by atoms with Crippen LogP contribution < -0.4 is 5.32 Å². The van der Waals surface area contributed by atoms with Crippen LogP contribution in [0.15, 0.2) is 15.4 Å². The summed E-state index contributed by atoms with van der Waals surface area (Å²) < 4.78 is 36.6. The average Bonchev–Trinajstić information content (AvgIpc) is 2.71. The van der Waals surface area contributed by atoms with Gasteiger partial charge in [-0.2, -0.15) is 4.31 Å². The highest BCUT2D eigenvalue weighted by Gasteiger charge is 2.25. The van der Waals surface area contributed by atoms with Crippen LogP contribution in [0, 0.1) is 6.92 Å². The van der Waals surface area contributed by atoms with Crippen molar-refractivity contribution in [1.29, 1.82) is 0 Å². The molecule has 1 heterocycles. The minimum Gasteiger partial charge on any atom is -0.464 e. The van der Waals surface area contributed by atoms with E-state index < -0.39 is 10.0 Å². The number of sulfonamides is 1. The molecule has 0 aromatic carbocycles. The smallest absolute Gasteiger partial charge is 0.246 e. The van der Waals surface area contributed by atoms with E-state index in [2.05, 4.69) is 5.32 Å². The van der Waals surface area contributed by atoms with Crippen molar-refractivity contribution in [3.05, 3.63) is 17.6 Å². The fraction of sp³-hybridized carbons (Fsp3) is 0.667. The van der Waals surface area contributed by atoms with Crippen LogP contribution in [-0.4, -0.2) is 46.6 Å². The summed E-state index contributed by atoms with van der Waals surface area (Å²) in [6, 6.07) is 1.57. The van der Waals surface area contributed by atoms with Gasteiger partial charge in [-0.25, -0.2) is 8.42 Å². The first-order chi connectivity index (χ1) is 8.93. The Hall–Kier alpha value is -0.890. The van der Waals surface area contributed by atoms with Crippen molar-refractivity contribution in [1.82, 2.24) is 9.62 Å². The molecule has 0 unspecified atom stereocenters. The van der Waals surface area contributed by atoms with Crippen LogP contribution in [0.5, 0.6) is 0 Å². The fourth-order valence-corrected chi connectivity index (χ4v) is 3.00. The number of likely N-dealkylation sites (N-methyl/N-ethyl adjacent to an activating group) is 1. The monoisotopic (exact) mass is 290 g/mol. The van der Waals surface area contributed by atoms with Gasteiger partial charge >= 0.3 is 0 Å². The summed E-state index contributed by atoms with van der Waals surface area (Å²) in [4.78, 5) is 0.219. The molecule has 0 atom stereocenters. The van der Waals surface area contributed by atoms with Crippen LogP contribution in [0.2, 0.25) is 0 Å². The van der Waals surface area contributed by atoms with E-state index in [0.717, 1.165) is 0 Å². The van der Waals surface area contributed by atoms with Gasteiger partial charge in [-0.15, -0.1) is 0 Å². The van der Waals surface area contributed by atoms with Gasteiger partial charge in [-0.05, 0) is 20.9 Å². The van der Waals surface area contributed by atoms with Crippen molar-refractivity contribution in [2.75, 3.05) is 33.9 Å². The number of furan rings is 1. The Morgan fingerprint density at radius 1 is 1.47 bits per heavy atom. The van der Waals surface area contributed by atoms with Crippen LogP contribution in [0.4, 0.5) is 0 Å². The lowest BCUT2D eigenvalue weighted by molar-refractivity contribution is 0.138. The molecule has 0 bridgehead atoms. The largest absolute Gasteiger partial charge is 0.464 e. The number of ether oxygens (including phenoxy) is 1. The zero-order chi connectivity index (χ0) is 14.5. The van der Waals surface area contributed by atoms with Gasteiger partial charge in [-0.1, -0.05) is 0 Å². The molecule has 0 saturated carbocycles. The lowest BCUT2D eigenvalue weighted by Crippen LogP contribution is -2.30. The van der Waals surface area contributed by atoms with E-state index in [-0.39, 0.29) is 4.90 Å². The van der Waals surface area contributed by atoms with Crippen LogP contribution >= 0.6 is 0 Å². The molecular formula is C12H22N2O4S. The number of hydrogen-bond donors (Lipinski definition) is 1. The Bertz CT molecular complexity index is 496. The quantitative estimate of drug-likeness (QED) is 0.722. The van der Waals surface area contributed by atoms with Gasteiger partial charge in [0.15, 0.2) is 0 Å². The second-order valence-electron chi connectivity index (χ2n) is 4.19. The van der Waals surface area contributed by atoms with Gasteiger partial charge in [0.05, 0.1) is 13.2 Å². The standard InChI is InChI=1S/C12H22N2O4S/c1-5-17-7-6-14(4)19(15,16)12-8-11(9-13-3)18-10(12)2/h8,13H,5-7,9H2,1-4H3. The normalized spacial score (nSPS) is 12.3. The second kappa shape index (κ2) is 7.04. The van der Waals surface area contributed by atoms with Crippen molar-refractivity contribution in [3.63, 3.8) is 0 Å². The molecular weight excluding hydrogens is 268 g/mol. The summed E-state index contributed by atoms with van der Waals surface area (Å²) in [7, 11) is -0.198. The van der Waals surface area contributed by atoms with Gasteiger partial charge in [0.2, 0.25) is 10.0 Å². The highest BCUT2D eigenvalue weighted by atomic mass is 32.2. The summed E-state index contributed by atoms with van der Waals surface area (Å²) >= 11 is 0. The van der Waals surface area contributed by atoms with Crippen LogP contribution in [0.3, 0.4) is 0 Å². The minimum absolute atomic E-state index is 0.219. The molecule has 0 fully saturated rings. The predicted octanol–water partition coefficient (Wildman–Crippen LogP) is 0.964. The molecule has 0 radical (unpaired) electrons. The number of nitrogens with one attached hydrogen (secondary N) is 1. The third kappa shape index (κ3) is 4.04. The molecule has 1 rings (SSSR count). The van der Waals surface area contributed by atoms with Crippen molar-refractivity contribution >= 4 is 10.0 Å². The van der Waals surface area contributed by atoms with Gasteiger partial charge < -0.3 is 14.5 Å². The van der Waals surface area contributed by atoms with E-state index >= 15 is 0 Å². The van der Waals surface area contributed by atoms with E-state index in [1.54, 1.807) is 27.1 Å². The first-order valence-electron chi connectivity index (χ1n) is 6.21. The Kier molecular flexibility index (Phi) is 5.99. The van der Waals surface area contributed by atoms with Crippen LogP contribution in [-0.2, 0) is 21.3 Å². The summed E-state index contributed by atoms with van der Waals surface area (Å²) in [6.07, 6.45) is 0. The molecule has 1 aromatic rings. The minimum atomic E-state index is -3.52. The van der Waals surface area contributed by atoms with E-state index in [0.29, 0.717) is 37.8 Å². The molecule has 1 aromatic heterocycles. The summed E-state index contributed by atoms with van der Waals surface area (Å²) in [5.41, 5.74) is 0. The third-order valence-electron chi connectivity index (χ3n) is 2.72. The molecule has 0 saturated heterocycles. The number of hydrogen-bond acceptors (Lipinski definition) is 5. The Morgan fingerprint density at radius 3 is 2.74 bits per heavy atom. The van der Waals surface area contributed by atoms with Crippen molar-refractivity contribution in [2.24, 2.45) is 0 Å². The maximum atomic E-state index is 12.4. The highest BCUT2D eigenvalue weighted by Crippen LogP contribution is 2.22. The topological polar surface area (TPSA) is 71.8 Å². The number of aryl methyl sites for hydroxylation is 1. The van der Waals surface area contributed by atoms with Crippen molar-refractivity contribution in [2.45, 2.75) is 25.3 Å². The Morgan fingerprint density at radius 2 is 2.16 bits per heavy atom. The van der Waals surface area contributed by atoms with Crippen molar-refractivity contribution in [3.8, 4) is 0 Å². The van der Waals surface area contributed by atoms with Gasteiger partial charge in [-0.3, -0.25) is 0 Å². The van der Waals surface area contributed by atoms with E-state index in [4.69, 9.17) is 9.15 Å². The summed E-state index contributed by atoms with van der Waals surface area (Å²) in [5, 5.41) is 2.92. The number of nitrogens with zero attached hydrogens (tertiary/aromatic N) is 1. The van der Waals surface area contributed by atoms with Crippen LogP contribution in [0.1, 0.15) is 18.4 Å². The van der Waals surface area contributed by atoms with Crippen molar-refractivity contribution < 1.29 is 17.6 Å². The second-order valence-corrected chi connectivity index (χ2v) is 6.20. The van der Waals surface area contributed by atoms with Gasteiger partial charge in [0.25, 0.3) is 0 Å². The molecule has 0 aliphatic heterocycles. The van der Waals surface area contributed by atoms with Crippen LogP contribution in [0.25, 0.3) is 0 Å². The average molecular weight is 290 g/mol. The highest BCUT2D eigenvalue weighted by molar-refractivity contribution is 7.89. The maximum Gasteiger partial charge on any atom is 0.246 e. The predicted molar refractivity (Wildman–Crippen MR) is 72.5 cm³/mol. The molecule has 0 amide bonds. The van der Waals surface area contributed by atoms with E-state index in [1.807, 2.05) is 6.92 Å². The molecule has 1 N–H and O–H groups in total. The SMILES string of the molecule is CCOCCN(C)S(=O)(=O)c1cc(CNC)oc1C. The zero-order valence-corrected chi connectivity index (χ0v) is 12.7. The maximum absolute atomic E-state index is 12.4. The first kappa shape index (κ1) is 16.2. The Balaban J connectivity index is 2.86. The van der Waals surface area contributed by atoms with Gasteiger partial charge in [0, 0.05) is 26.3 Å². The summed E-state index contributed by atoms with van der Waals surface area (Å²) in [5.74, 6) is 1.02. The zero-order valence-electron chi connectivity index (χ0n) is 11.9. The Labute approximate surface area is 114 Å². The van der Waals surface area contributed by atoms with E-state index in [9.17, 15) is 8.42 Å². The lowest BCUT2D eigenvalue weighted by atomic mass is 10.4. The molecule has 0 aliphatic carbocycles. The molecule has 0 aliphatic rings. The fourth-order valence-electron chi connectivity index (χ4n) is 1.67. The first-order valence-corrected chi connectivity index (χ1v) is 7.65. The molecule has 7 heteroatoms. The summed E-state index contributed by atoms with van der Waals surface area (Å²) in [6.45, 7) is 5.31. The lowest BCUT2D eigenvalue weighted by Gasteiger charge is -2.16. The number of rotatable bonds is 8.